The van der Waals surface area contributed by atoms with Crippen LogP contribution in [0.15, 0.2) is 84.9 Å². The van der Waals surface area contributed by atoms with Crippen molar-refractivity contribution < 1.29 is 4.79 Å². The fraction of sp³-hybridized carbons (Fsp3) is 0.160. The zero-order valence-electron chi connectivity index (χ0n) is 15.6. The summed E-state index contributed by atoms with van der Waals surface area (Å²) in [4.78, 5) is 13.5. The first-order valence-electron chi connectivity index (χ1n) is 9.57. The van der Waals surface area contributed by atoms with Crippen LogP contribution in [0.4, 0.5) is 0 Å². The summed E-state index contributed by atoms with van der Waals surface area (Å²) in [6.07, 6.45) is 2.19. The van der Waals surface area contributed by atoms with Crippen molar-refractivity contribution in [1.82, 2.24) is 4.57 Å². The Kier molecular flexibility index (Phi) is 4.88. The number of hydrogen-bond acceptors (Lipinski definition) is 1. The third-order valence-electron chi connectivity index (χ3n) is 5.02. The summed E-state index contributed by atoms with van der Waals surface area (Å²) >= 11 is 0. The Hall–Kier alpha value is -3.13. The van der Waals surface area contributed by atoms with Crippen LogP contribution in [-0.2, 0) is 6.54 Å². The van der Waals surface area contributed by atoms with E-state index < -0.39 is 0 Å². The minimum atomic E-state index is 0.0842. The molecule has 0 N–H and O–H groups in total. The van der Waals surface area contributed by atoms with Gasteiger partial charge in [0.05, 0.1) is 11.3 Å². The quantitative estimate of drug-likeness (QED) is 0.371. The highest BCUT2D eigenvalue weighted by Gasteiger charge is 2.24. The van der Waals surface area contributed by atoms with E-state index in [1.54, 1.807) is 0 Å². The van der Waals surface area contributed by atoms with Crippen LogP contribution in [0.1, 0.15) is 35.7 Å². The maximum atomic E-state index is 13.5. The lowest BCUT2D eigenvalue weighted by Crippen LogP contribution is -2.06. The maximum Gasteiger partial charge on any atom is 0.195 e. The number of nitrogens with zero attached hydrogens (tertiary/aromatic N) is 1. The normalized spacial score (nSPS) is 11.0. The highest BCUT2D eigenvalue weighted by molar-refractivity contribution is 6.20. The van der Waals surface area contributed by atoms with Gasteiger partial charge in [0, 0.05) is 23.0 Å². The van der Waals surface area contributed by atoms with E-state index in [1.807, 2.05) is 54.6 Å². The summed E-state index contributed by atoms with van der Waals surface area (Å²) in [5, 5.41) is 1.03. The molecule has 0 unspecified atom stereocenters. The van der Waals surface area contributed by atoms with Crippen LogP contribution in [0.2, 0.25) is 0 Å². The van der Waals surface area contributed by atoms with Crippen molar-refractivity contribution in [2.75, 3.05) is 0 Å². The van der Waals surface area contributed by atoms with Gasteiger partial charge in [0.2, 0.25) is 0 Å². The molecule has 0 spiro atoms. The van der Waals surface area contributed by atoms with E-state index in [-0.39, 0.29) is 5.78 Å². The van der Waals surface area contributed by atoms with Crippen molar-refractivity contribution in [3.63, 3.8) is 0 Å². The molecular formula is C25H23NO. The van der Waals surface area contributed by atoms with Crippen molar-refractivity contribution >= 4 is 16.7 Å². The molecule has 0 fully saturated rings. The molecule has 2 heteroatoms. The van der Waals surface area contributed by atoms with Crippen molar-refractivity contribution in [3.8, 4) is 11.3 Å². The number of rotatable bonds is 6. The van der Waals surface area contributed by atoms with Gasteiger partial charge in [0.1, 0.15) is 0 Å². The number of benzene rings is 3. The Morgan fingerprint density at radius 1 is 0.815 bits per heavy atom. The van der Waals surface area contributed by atoms with Gasteiger partial charge in [-0.05, 0) is 18.1 Å². The molecule has 27 heavy (non-hydrogen) atoms. The molecule has 4 aromatic rings. The Balaban J connectivity index is 2.03. The van der Waals surface area contributed by atoms with Crippen molar-refractivity contribution in [2.45, 2.75) is 26.3 Å². The standard InChI is InChI=1S/C25H23NO/c1-2-3-18-26-22-17-11-10-16-21(22)23(24(26)19-12-6-4-7-13-19)25(27)20-14-8-5-9-15-20/h4-17H,2-3,18H2,1H3. The number of para-hydroxylation sites is 1. The molecule has 0 saturated heterocycles. The molecule has 0 radical (unpaired) electrons. The molecule has 0 aliphatic carbocycles. The zero-order chi connectivity index (χ0) is 18.6. The van der Waals surface area contributed by atoms with Crippen LogP contribution in [0.25, 0.3) is 22.2 Å². The molecule has 0 atom stereocenters. The van der Waals surface area contributed by atoms with Gasteiger partial charge in [0.25, 0.3) is 0 Å². The minimum Gasteiger partial charge on any atom is -0.340 e. The third-order valence-corrected chi connectivity index (χ3v) is 5.02. The molecule has 3 aromatic carbocycles. The molecule has 134 valence electrons. The van der Waals surface area contributed by atoms with Gasteiger partial charge in [-0.15, -0.1) is 0 Å². The molecule has 0 bridgehead atoms. The summed E-state index contributed by atoms with van der Waals surface area (Å²) in [5.41, 5.74) is 4.78. The van der Waals surface area contributed by atoms with Crippen molar-refractivity contribution in [2.24, 2.45) is 0 Å². The van der Waals surface area contributed by atoms with Gasteiger partial charge >= 0.3 is 0 Å². The topological polar surface area (TPSA) is 22.0 Å². The predicted octanol–water partition coefficient (Wildman–Crippen LogP) is 6.34. The fourth-order valence-electron chi connectivity index (χ4n) is 3.71. The summed E-state index contributed by atoms with van der Waals surface area (Å²) in [7, 11) is 0. The van der Waals surface area contributed by atoms with Crippen molar-refractivity contribution in [3.05, 3.63) is 96.1 Å². The van der Waals surface area contributed by atoms with E-state index in [0.29, 0.717) is 0 Å². The van der Waals surface area contributed by atoms with Crippen LogP contribution >= 0.6 is 0 Å². The zero-order valence-corrected chi connectivity index (χ0v) is 15.6. The smallest absolute Gasteiger partial charge is 0.195 e. The molecule has 0 saturated carbocycles. The Bertz CT molecular complexity index is 1060. The summed E-state index contributed by atoms with van der Waals surface area (Å²) in [6, 6.07) is 28.1. The van der Waals surface area contributed by atoms with Crippen LogP contribution in [0, 0.1) is 0 Å². The van der Waals surface area contributed by atoms with Crippen LogP contribution < -0.4 is 0 Å². The number of fused-ring (bicyclic) bond motifs is 1. The second-order valence-electron chi connectivity index (χ2n) is 6.81. The average Bonchev–Trinajstić information content (AvgIpc) is 3.07. The largest absolute Gasteiger partial charge is 0.340 e. The highest BCUT2D eigenvalue weighted by atomic mass is 16.1. The van der Waals surface area contributed by atoms with E-state index in [1.165, 1.54) is 0 Å². The van der Waals surface area contributed by atoms with Crippen LogP contribution in [0.5, 0.6) is 0 Å². The molecule has 1 aromatic heterocycles. The SMILES string of the molecule is CCCCn1c(-c2ccccc2)c(C(=O)c2ccccc2)c2ccccc21. The van der Waals surface area contributed by atoms with Crippen molar-refractivity contribution in [1.29, 1.82) is 0 Å². The number of aryl methyl sites for hydroxylation is 1. The van der Waals surface area contributed by atoms with E-state index in [4.69, 9.17) is 0 Å². The van der Waals surface area contributed by atoms with E-state index in [0.717, 1.165) is 52.7 Å². The molecule has 1 heterocycles. The molecule has 0 amide bonds. The molecule has 4 rings (SSSR count). The lowest BCUT2D eigenvalue weighted by molar-refractivity contribution is 0.104. The fourth-order valence-corrected chi connectivity index (χ4v) is 3.71. The number of hydrogen-bond donors (Lipinski definition) is 0. The number of carbonyl (C=O) groups is 1. The maximum absolute atomic E-state index is 13.5. The number of carbonyl (C=O) groups excluding carboxylic acids is 1. The number of aromatic nitrogens is 1. The summed E-state index contributed by atoms with van der Waals surface area (Å²) < 4.78 is 2.32. The van der Waals surface area contributed by atoms with Gasteiger partial charge in [-0.25, -0.2) is 0 Å². The van der Waals surface area contributed by atoms with E-state index in [9.17, 15) is 4.79 Å². The van der Waals surface area contributed by atoms with E-state index in [2.05, 4.69) is 41.8 Å². The molecular weight excluding hydrogens is 330 g/mol. The van der Waals surface area contributed by atoms with Crippen LogP contribution in [-0.4, -0.2) is 10.4 Å². The second kappa shape index (κ2) is 7.63. The second-order valence-corrected chi connectivity index (χ2v) is 6.81. The first-order chi connectivity index (χ1) is 13.3. The summed E-state index contributed by atoms with van der Waals surface area (Å²) in [5.74, 6) is 0.0842. The Morgan fingerprint density at radius 2 is 1.44 bits per heavy atom. The summed E-state index contributed by atoms with van der Waals surface area (Å²) in [6.45, 7) is 3.10. The lowest BCUT2D eigenvalue weighted by Gasteiger charge is -2.12. The third kappa shape index (κ3) is 3.19. The molecule has 2 nitrogen and oxygen atoms in total. The Labute approximate surface area is 160 Å². The van der Waals surface area contributed by atoms with Gasteiger partial charge in [-0.2, -0.15) is 0 Å². The monoisotopic (exact) mass is 353 g/mol. The molecule has 0 aliphatic heterocycles. The Morgan fingerprint density at radius 3 is 2.15 bits per heavy atom. The minimum absolute atomic E-state index is 0.0842. The predicted molar refractivity (Wildman–Crippen MR) is 112 cm³/mol. The highest BCUT2D eigenvalue weighted by Crippen LogP contribution is 2.35. The van der Waals surface area contributed by atoms with Gasteiger partial charge in [0.15, 0.2) is 5.78 Å². The first kappa shape index (κ1) is 17.3. The molecule has 0 aliphatic rings. The van der Waals surface area contributed by atoms with Crippen LogP contribution in [0.3, 0.4) is 0 Å². The lowest BCUT2D eigenvalue weighted by atomic mass is 9.97. The van der Waals surface area contributed by atoms with Gasteiger partial charge in [-0.1, -0.05) is 92.2 Å². The van der Waals surface area contributed by atoms with Gasteiger partial charge in [-0.3, -0.25) is 4.79 Å². The number of unbranched alkanes of at least 4 members (excludes halogenated alkanes) is 1. The number of ketones is 1. The average molecular weight is 353 g/mol. The van der Waals surface area contributed by atoms with Gasteiger partial charge < -0.3 is 4.57 Å². The first-order valence-corrected chi connectivity index (χ1v) is 9.57. The van der Waals surface area contributed by atoms with E-state index >= 15 is 0 Å².